The summed E-state index contributed by atoms with van der Waals surface area (Å²) < 4.78 is 2.00. The van der Waals surface area contributed by atoms with Crippen LogP contribution in [0.25, 0.3) is 5.69 Å². The first-order valence-electron chi connectivity index (χ1n) is 8.65. The topological polar surface area (TPSA) is 61.7 Å². The fourth-order valence-electron chi connectivity index (χ4n) is 2.68. The quantitative estimate of drug-likeness (QED) is 0.533. The molecule has 3 aromatic rings. The van der Waals surface area contributed by atoms with Crippen LogP contribution in [0.15, 0.2) is 72.0 Å². The fourth-order valence-corrected chi connectivity index (χ4v) is 2.68. The third-order valence-corrected chi connectivity index (χ3v) is 4.06. The first-order chi connectivity index (χ1) is 13.0. The van der Waals surface area contributed by atoms with Crippen LogP contribution in [0, 0.1) is 6.92 Å². The van der Waals surface area contributed by atoms with E-state index in [1.807, 2.05) is 80.3 Å². The highest BCUT2D eigenvalue weighted by Crippen LogP contribution is 2.17. The van der Waals surface area contributed by atoms with Crippen LogP contribution < -0.4 is 15.6 Å². The third kappa shape index (κ3) is 4.76. The van der Waals surface area contributed by atoms with Crippen molar-refractivity contribution < 1.29 is 4.79 Å². The molecule has 0 unspecified atom stereocenters. The Bertz CT molecular complexity index is 941. The number of amides is 2. The van der Waals surface area contributed by atoms with E-state index < -0.39 is 0 Å². The van der Waals surface area contributed by atoms with Gasteiger partial charge < -0.3 is 14.8 Å². The van der Waals surface area contributed by atoms with E-state index in [1.165, 1.54) is 0 Å². The van der Waals surface area contributed by atoms with Crippen molar-refractivity contribution in [2.45, 2.75) is 6.92 Å². The van der Waals surface area contributed by atoms with Gasteiger partial charge in [0.25, 0.3) is 0 Å². The Balaban J connectivity index is 1.64. The van der Waals surface area contributed by atoms with Gasteiger partial charge in [-0.05, 0) is 61.0 Å². The van der Waals surface area contributed by atoms with E-state index in [4.69, 9.17) is 0 Å². The molecule has 1 aromatic heterocycles. The highest BCUT2D eigenvalue weighted by atomic mass is 16.2. The number of hydrazone groups is 1. The SMILES string of the molecule is Cc1cccc(NC(=O)N/N=C/c2cccn2-c2ccc(N(C)C)cc2)c1. The normalized spacial score (nSPS) is 10.8. The molecule has 0 spiro atoms. The molecule has 0 aliphatic carbocycles. The molecule has 6 nitrogen and oxygen atoms in total. The Hall–Kier alpha value is -3.54. The van der Waals surface area contributed by atoms with Gasteiger partial charge >= 0.3 is 6.03 Å². The lowest BCUT2D eigenvalue weighted by molar-refractivity contribution is 0.252. The minimum Gasteiger partial charge on any atom is -0.378 e. The molecule has 0 aliphatic rings. The van der Waals surface area contributed by atoms with E-state index >= 15 is 0 Å². The second kappa shape index (κ2) is 8.23. The Labute approximate surface area is 159 Å². The number of nitrogens with zero attached hydrogens (tertiary/aromatic N) is 3. The molecule has 3 rings (SSSR count). The first-order valence-corrected chi connectivity index (χ1v) is 8.65. The number of carbonyl (C=O) groups is 1. The first kappa shape index (κ1) is 18.3. The summed E-state index contributed by atoms with van der Waals surface area (Å²) in [5.74, 6) is 0. The van der Waals surface area contributed by atoms with E-state index in [0.29, 0.717) is 0 Å². The summed E-state index contributed by atoms with van der Waals surface area (Å²) in [7, 11) is 4.02. The standard InChI is InChI=1S/C21H23N5O/c1-16-6-4-7-17(14-16)23-21(27)24-22-15-20-8-5-13-26(20)19-11-9-18(10-12-19)25(2)3/h4-15H,1-3H3,(H2,23,24,27)/b22-15+. The van der Waals surface area contributed by atoms with Gasteiger partial charge in [0.05, 0.1) is 11.9 Å². The molecule has 0 fully saturated rings. The van der Waals surface area contributed by atoms with Gasteiger partial charge in [-0.1, -0.05) is 12.1 Å². The van der Waals surface area contributed by atoms with E-state index in [-0.39, 0.29) is 6.03 Å². The predicted molar refractivity (Wildman–Crippen MR) is 111 cm³/mol. The third-order valence-electron chi connectivity index (χ3n) is 4.06. The van der Waals surface area contributed by atoms with Crippen LogP contribution in [0.1, 0.15) is 11.3 Å². The summed E-state index contributed by atoms with van der Waals surface area (Å²) in [5.41, 5.74) is 7.32. The maximum absolute atomic E-state index is 12.0. The molecule has 2 N–H and O–H groups in total. The van der Waals surface area contributed by atoms with Crippen molar-refractivity contribution in [3.8, 4) is 5.69 Å². The summed E-state index contributed by atoms with van der Waals surface area (Å²) in [4.78, 5) is 14.0. The zero-order chi connectivity index (χ0) is 19.2. The average Bonchev–Trinajstić information content (AvgIpc) is 3.10. The molecule has 6 heteroatoms. The van der Waals surface area contributed by atoms with Crippen LogP contribution in [0.4, 0.5) is 16.2 Å². The van der Waals surface area contributed by atoms with Crippen LogP contribution in [-0.4, -0.2) is 30.9 Å². The van der Waals surface area contributed by atoms with E-state index in [0.717, 1.165) is 28.3 Å². The van der Waals surface area contributed by atoms with Crippen LogP contribution in [0.5, 0.6) is 0 Å². The number of rotatable bonds is 5. The number of hydrogen-bond donors (Lipinski definition) is 2. The highest BCUT2D eigenvalue weighted by Gasteiger charge is 2.03. The van der Waals surface area contributed by atoms with Gasteiger partial charge in [-0.25, -0.2) is 10.2 Å². The zero-order valence-electron chi connectivity index (χ0n) is 15.7. The molecule has 27 heavy (non-hydrogen) atoms. The zero-order valence-corrected chi connectivity index (χ0v) is 15.7. The summed E-state index contributed by atoms with van der Waals surface area (Å²) in [6.07, 6.45) is 3.58. The molecule has 1 heterocycles. The molecule has 0 bridgehead atoms. The number of hydrogen-bond acceptors (Lipinski definition) is 3. The van der Waals surface area contributed by atoms with Gasteiger partial charge in [0.2, 0.25) is 0 Å². The summed E-state index contributed by atoms with van der Waals surface area (Å²) in [6.45, 7) is 1.97. The lowest BCUT2D eigenvalue weighted by atomic mass is 10.2. The summed E-state index contributed by atoms with van der Waals surface area (Å²) in [5, 5.41) is 6.80. The molecule has 0 aliphatic heterocycles. The Morgan fingerprint density at radius 3 is 2.56 bits per heavy atom. The van der Waals surface area contributed by atoms with Crippen LogP contribution >= 0.6 is 0 Å². The number of urea groups is 1. The molecule has 138 valence electrons. The van der Waals surface area contributed by atoms with E-state index in [1.54, 1.807) is 6.21 Å². The molecule has 0 atom stereocenters. The Morgan fingerprint density at radius 1 is 1.07 bits per heavy atom. The van der Waals surface area contributed by atoms with E-state index in [2.05, 4.69) is 32.9 Å². The van der Waals surface area contributed by atoms with E-state index in [9.17, 15) is 4.79 Å². The van der Waals surface area contributed by atoms with Crippen molar-refractivity contribution >= 4 is 23.6 Å². The number of aromatic nitrogens is 1. The smallest absolute Gasteiger partial charge is 0.339 e. The van der Waals surface area contributed by atoms with Crippen LogP contribution in [0.3, 0.4) is 0 Å². The summed E-state index contributed by atoms with van der Waals surface area (Å²) in [6, 6.07) is 19.3. The molecule has 2 aromatic carbocycles. The van der Waals surface area contributed by atoms with Gasteiger partial charge in [0, 0.05) is 37.4 Å². The molecular weight excluding hydrogens is 338 g/mol. The largest absolute Gasteiger partial charge is 0.378 e. The van der Waals surface area contributed by atoms with Crippen LogP contribution in [-0.2, 0) is 0 Å². The minimum atomic E-state index is -0.384. The van der Waals surface area contributed by atoms with Crippen molar-refractivity contribution in [1.29, 1.82) is 0 Å². The lowest BCUT2D eigenvalue weighted by Gasteiger charge is -2.13. The van der Waals surface area contributed by atoms with Gasteiger partial charge in [0.1, 0.15) is 0 Å². The lowest BCUT2D eigenvalue weighted by Crippen LogP contribution is -2.24. The minimum absolute atomic E-state index is 0.384. The van der Waals surface area contributed by atoms with Crippen molar-refractivity contribution in [3.05, 3.63) is 78.1 Å². The van der Waals surface area contributed by atoms with Gasteiger partial charge in [-0.3, -0.25) is 0 Å². The second-order valence-corrected chi connectivity index (χ2v) is 6.41. The molecular formula is C21H23N5O. The van der Waals surface area contributed by atoms with Gasteiger partial charge in [0.15, 0.2) is 0 Å². The maximum atomic E-state index is 12.0. The molecule has 0 saturated heterocycles. The van der Waals surface area contributed by atoms with Crippen molar-refractivity contribution in [1.82, 2.24) is 9.99 Å². The molecule has 0 radical (unpaired) electrons. The van der Waals surface area contributed by atoms with Crippen molar-refractivity contribution in [2.75, 3.05) is 24.3 Å². The number of anilines is 2. The number of benzene rings is 2. The van der Waals surface area contributed by atoms with Gasteiger partial charge in [-0.15, -0.1) is 0 Å². The van der Waals surface area contributed by atoms with Crippen LogP contribution in [0.2, 0.25) is 0 Å². The number of aryl methyl sites for hydroxylation is 1. The number of carbonyl (C=O) groups excluding carboxylic acids is 1. The number of nitrogens with one attached hydrogen (secondary N) is 2. The molecule has 0 saturated carbocycles. The summed E-state index contributed by atoms with van der Waals surface area (Å²) >= 11 is 0. The fraction of sp³-hybridized carbons (Fsp3) is 0.143. The second-order valence-electron chi connectivity index (χ2n) is 6.41. The average molecular weight is 361 g/mol. The van der Waals surface area contributed by atoms with Crippen molar-refractivity contribution in [3.63, 3.8) is 0 Å². The molecule has 2 amide bonds. The van der Waals surface area contributed by atoms with Crippen molar-refractivity contribution in [2.24, 2.45) is 5.10 Å². The predicted octanol–water partition coefficient (Wildman–Crippen LogP) is 4.01. The Kier molecular flexibility index (Phi) is 5.56. The highest BCUT2D eigenvalue weighted by molar-refractivity contribution is 5.90. The Morgan fingerprint density at radius 2 is 1.85 bits per heavy atom. The maximum Gasteiger partial charge on any atom is 0.339 e. The monoisotopic (exact) mass is 361 g/mol. The van der Waals surface area contributed by atoms with Gasteiger partial charge in [-0.2, -0.15) is 5.10 Å².